The molecule has 1 aliphatic heterocycles. The molecule has 1 heterocycles. The highest BCUT2D eigenvalue weighted by atomic mass is 35.5. The number of hydrogen-bond donors (Lipinski definition) is 0. The van der Waals surface area contributed by atoms with Gasteiger partial charge in [0, 0.05) is 11.6 Å². The van der Waals surface area contributed by atoms with Gasteiger partial charge in [-0.1, -0.05) is 61.6 Å². The van der Waals surface area contributed by atoms with E-state index in [2.05, 4.69) is 13.8 Å². The second kappa shape index (κ2) is 6.07. The molecule has 5 heteroatoms. The van der Waals surface area contributed by atoms with Gasteiger partial charge in [-0.3, -0.25) is 9.69 Å². The Bertz CT molecular complexity index is 537. The molecule has 0 saturated carbocycles. The van der Waals surface area contributed by atoms with Crippen LogP contribution in [0, 0.1) is 5.92 Å². The van der Waals surface area contributed by atoms with Crippen LogP contribution in [0.4, 0.5) is 0 Å². The summed E-state index contributed by atoms with van der Waals surface area (Å²) in [5.74, 6) is 0.399. The first kappa shape index (κ1) is 14.6. The van der Waals surface area contributed by atoms with Crippen molar-refractivity contribution in [3.05, 3.63) is 39.8 Å². The maximum Gasteiger partial charge on any atom is 0.266 e. The van der Waals surface area contributed by atoms with Crippen LogP contribution in [0.5, 0.6) is 0 Å². The normalized spacial score (nSPS) is 17.9. The number of halogens is 1. The molecule has 1 fully saturated rings. The summed E-state index contributed by atoms with van der Waals surface area (Å²) in [5, 5.41) is 0.685. The summed E-state index contributed by atoms with van der Waals surface area (Å²) in [6.45, 7) is 4.81. The van der Waals surface area contributed by atoms with Crippen molar-refractivity contribution in [3.63, 3.8) is 0 Å². The largest absolute Gasteiger partial charge is 0.293 e. The number of carbonyl (C=O) groups is 1. The molecule has 0 aromatic heterocycles. The Balaban J connectivity index is 2.20. The van der Waals surface area contributed by atoms with Gasteiger partial charge in [0.05, 0.1) is 4.91 Å². The highest BCUT2D eigenvalue weighted by Crippen LogP contribution is 2.33. The third-order valence-corrected chi connectivity index (χ3v) is 4.22. The number of thioether (sulfide) groups is 1. The van der Waals surface area contributed by atoms with Crippen LogP contribution in [0.1, 0.15) is 19.4 Å². The van der Waals surface area contributed by atoms with Gasteiger partial charge < -0.3 is 0 Å². The van der Waals surface area contributed by atoms with Crippen LogP contribution in [0.3, 0.4) is 0 Å². The minimum absolute atomic E-state index is 0.00125. The number of amides is 1. The Hall–Kier alpha value is -0.840. The van der Waals surface area contributed by atoms with Crippen molar-refractivity contribution < 1.29 is 4.79 Å². The van der Waals surface area contributed by atoms with Gasteiger partial charge in [-0.2, -0.15) is 0 Å². The summed E-state index contributed by atoms with van der Waals surface area (Å²) in [7, 11) is 0. The summed E-state index contributed by atoms with van der Waals surface area (Å²) in [6, 6.07) is 7.39. The van der Waals surface area contributed by atoms with E-state index in [9.17, 15) is 4.79 Å². The lowest BCUT2D eigenvalue weighted by molar-refractivity contribution is -0.122. The Morgan fingerprint density at radius 3 is 2.58 bits per heavy atom. The molecule has 0 N–H and O–H groups in total. The van der Waals surface area contributed by atoms with Gasteiger partial charge in [0.2, 0.25) is 0 Å². The maximum atomic E-state index is 12.2. The van der Waals surface area contributed by atoms with Gasteiger partial charge in [-0.25, -0.2) is 0 Å². The molecule has 1 aromatic carbocycles. The lowest BCUT2D eigenvalue weighted by Gasteiger charge is -2.16. The van der Waals surface area contributed by atoms with Crippen molar-refractivity contribution in [2.24, 2.45) is 5.92 Å². The zero-order valence-corrected chi connectivity index (χ0v) is 13.1. The fourth-order valence-electron chi connectivity index (χ4n) is 1.73. The standard InChI is InChI=1S/C14H14ClNOS2/c1-9(2)8-16-13(17)12(19-14(16)18)7-10-3-5-11(15)6-4-10/h3-7,9H,8H2,1-2H3. The van der Waals surface area contributed by atoms with Crippen LogP contribution in [0.25, 0.3) is 6.08 Å². The molecule has 0 aliphatic carbocycles. The quantitative estimate of drug-likeness (QED) is 0.616. The molecule has 0 bridgehead atoms. The molecule has 0 radical (unpaired) electrons. The predicted octanol–water partition coefficient (Wildman–Crippen LogP) is 4.20. The molecular weight excluding hydrogens is 298 g/mol. The van der Waals surface area contributed by atoms with Crippen LogP contribution in [-0.2, 0) is 4.79 Å². The van der Waals surface area contributed by atoms with Gasteiger partial charge in [-0.05, 0) is 29.7 Å². The van der Waals surface area contributed by atoms with E-state index in [4.69, 9.17) is 23.8 Å². The van der Waals surface area contributed by atoms with Crippen LogP contribution < -0.4 is 0 Å². The van der Waals surface area contributed by atoms with E-state index >= 15 is 0 Å². The first-order valence-electron chi connectivity index (χ1n) is 5.98. The Labute approximate surface area is 127 Å². The smallest absolute Gasteiger partial charge is 0.266 e. The van der Waals surface area contributed by atoms with E-state index in [1.165, 1.54) is 11.8 Å². The monoisotopic (exact) mass is 311 g/mol. The van der Waals surface area contributed by atoms with Crippen molar-refractivity contribution >= 4 is 51.9 Å². The first-order chi connectivity index (χ1) is 8.97. The van der Waals surface area contributed by atoms with Gasteiger partial charge in [-0.15, -0.1) is 0 Å². The molecule has 1 amide bonds. The first-order valence-corrected chi connectivity index (χ1v) is 7.58. The van der Waals surface area contributed by atoms with Crippen LogP contribution >= 0.6 is 35.6 Å². The van der Waals surface area contributed by atoms with Crippen LogP contribution in [-0.4, -0.2) is 21.7 Å². The Morgan fingerprint density at radius 2 is 2.00 bits per heavy atom. The average Bonchev–Trinajstić information content (AvgIpc) is 2.60. The van der Waals surface area contributed by atoms with Gasteiger partial charge in [0.15, 0.2) is 0 Å². The molecule has 0 spiro atoms. The third-order valence-electron chi connectivity index (χ3n) is 2.59. The SMILES string of the molecule is CC(C)CN1C(=O)C(=Cc2ccc(Cl)cc2)SC1=S. The molecule has 1 aromatic rings. The fourth-order valence-corrected chi connectivity index (χ4v) is 3.13. The fraction of sp³-hybridized carbons (Fsp3) is 0.286. The van der Waals surface area contributed by atoms with E-state index in [1.807, 2.05) is 30.3 Å². The molecule has 1 saturated heterocycles. The molecular formula is C14H14ClNOS2. The molecule has 1 aliphatic rings. The molecule has 0 unspecified atom stereocenters. The van der Waals surface area contributed by atoms with Gasteiger partial charge in [0.25, 0.3) is 5.91 Å². The number of carbonyl (C=O) groups excluding carboxylic acids is 1. The minimum atomic E-state index is -0.00125. The average molecular weight is 312 g/mol. The zero-order valence-electron chi connectivity index (χ0n) is 10.7. The second-order valence-corrected chi connectivity index (χ2v) is 6.85. The minimum Gasteiger partial charge on any atom is -0.293 e. The van der Waals surface area contributed by atoms with Crippen LogP contribution in [0.2, 0.25) is 5.02 Å². The molecule has 2 rings (SSSR count). The van der Waals surface area contributed by atoms with Crippen molar-refractivity contribution in [2.75, 3.05) is 6.54 Å². The van der Waals surface area contributed by atoms with E-state index in [0.29, 0.717) is 26.7 Å². The Morgan fingerprint density at radius 1 is 1.37 bits per heavy atom. The maximum absolute atomic E-state index is 12.2. The molecule has 100 valence electrons. The predicted molar refractivity (Wildman–Crippen MR) is 86.2 cm³/mol. The van der Waals surface area contributed by atoms with E-state index in [-0.39, 0.29) is 5.91 Å². The topological polar surface area (TPSA) is 20.3 Å². The summed E-state index contributed by atoms with van der Waals surface area (Å²) in [5.41, 5.74) is 0.953. The van der Waals surface area contributed by atoms with E-state index < -0.39 is 0 Å². The number of benzene rings is 1. The second-order valence-electron chi connectivity index (χ2n) is 4.74. The zero-order chi connectivity index (χ0) is 14.0. The van der Waals surface area contributed by atoms with Crippen LogP contribution in [0.15, 0.2) is 29.2 Å². The van der Waals surface area contributed by atoms with E-state index in [1.54, 1.807) is 4.90 Å². The highest BCUT2D eigenvalue weighted by molar-refractivity contribution is 8.26. The molecule has 0 atom stereocenters. The van der Waals surface area contributed by atoms with Crippen molar-refractivity contribution in [3.8, 4) is 0 Å². The number of thiocarbonyl (C=S) groups is 1. The summed E-state index contributed by atoms with van der Waals surface area (Å²) in [6.07, 6.45) is 1.86. The third kappa shape index (κ3) is 3.59. The number of nitrogens with zero attached hydrogens (tertiary/aromatic N) is 1. The van der Waals surface area contributed by atoms with Crippen molar-refractivity contribution in [1.29, 1.82) is 0 Å². The summed E-state index contributed by atoms with van der Waals surface area (Å²) < 4.78 is 0.638. The lowest BCUT2D eigenvalue weighted by atomic mass is 10.2. The van der Waals surface area contributed by atoms with Gasteiger partial charge >= 0.3 is 0 Å². The van der Waals surface area contributed by atoms with Crippen molar-refractivity contribution in [2.45, 2.75) is 13.8 Å². The van der Waals surface area contributed by atoms with Gasteiger partial charge in [0.1, 0.15) is 4.32 Å². The molecule has 19 heavy (non-hydrogen) atoms. The Kier molecular flexibility index (Phi) is 4.66. The summed E-state index contributed by atoms with van der Waals surface area (Å²) in [4.78, 5) is 14.6. The lowest BCUT2D eigenvalue weighted by Crippen LogP contribution is -2.31. The summed E-state index contributed by atoms with van der Waals surface area (Å²) >= 11 is 12.5. The van der Waals surface area contributed by atoms with Crippen molar-refractivity contribution in [1.82, 2.24) is 4.90 Å². The van der Waals surface area contributed by atoms with E-state index in [0.717, 1.165) is 5.56 Å². The number of rotatable bonds is 3. The number of hydrogen-bond acceptors (Lipinski definition) is 3. The molecule has 2 nitrogen and oxygen atoms in total. The highest BCUT2D eigenvalue weighted by Gasteiger charge is 2.32.